The van der Waals surface area contributed by atoms with Gasteiger partial charge in [0, 0.05) is 36.4 Å². The topological polar surface area (TPSA) is 87.5 Å². The van der Waals surface area contributed by atoms with Crippen LogP contribution in [-0.4, -0.2) is 46.5 Å². The van der Waals surface area contributed by atoms with E-state index in [2.05, 4.69) is 33.7 Å². The molecule has 0 aliphatic heterocycles. The van der Waals surface area contributed by atoms with Crippen LogP contribution in [0.4, 0.5) is 5.69 Å². The minimum Gasteiger partial charge on any atom is -0.583 e. The molecule has 0 saturated heterocycles. The van der Waals surface area contributed by atoms with Crippen molar-refractivity contribution in [2.24, 2.45) is 4.99 Å². The molecule has 7 nitrogen and oxygen atoms in total. The fourth-order valence-electron chi connectivity index (χ4n) is 4.48. The van der Waals surface area contributed by atoms with E-state index >= 15 is 0 Å². The molecule has 0 aliphatic rings. The summed E-state index contributed by atoms with van der Waals surface area (Å²) in [6.45, 7) is 6.39. The number of unbranched alkanes of at least 4 members (excludes halogenated alkanes) is 2. The van der Waals surface area contributed by atoms with Crippen molar-refractivity contribution in [1.29, 1.82) is 0 Å². The van der Waals surface area contributed by atoms with E-state index in [1.165, 1.54) is 0 Å². The molecule has 0 spiro atoms. The molecule has 0 unspecified atom stereocenters. The third-order valence-electron chi connectivity index (χ3n) is 6.51. The smallest absolute Gasteiger partial charge is 0.583 e. The summed E-state index contributed by atoms with van der Waals surface area (Å²) in [5, 5.41) is 3.78. The first-order valence-corrected chi connectivity index (χ1v) is 13.3. The zero-order valence-corrected chi connectivity index (χ0v) is 28.0. The number of rotatable bonds is 10. The zero-order valence-electron chi connectivity index (χ0n) is 23.9. The number of nitrogens with zero attached hydrogens (tertiary/aromatic N) is 4. The fourth-order valence-corrected chi connectivity index (χ4v) is 4.48. The minimum absolute atomic E-state index is 0. The van der Waals surface area contributed by atoms with Crippen LogP contribution in [0.1, 0.15) is 58.0 Å². The van der Waals surface area contributed by atoms with Crippen molar-refractivity contribution in [3.8, 4) is 11.4 Å². The zero-order chi connectivity index (χ0) is 28.5. The maximum absolute atomic E-state index is 13.5. The summed E-state index contributed by atoms with van der Waals surface area (Å²) in [5.74, 6) is -0.312. The molecule has 8 heteroatoms. The second-order valence-corrected chi connectivity index (χ2v) is 9.65. The van der Waals surface area contributed by atoms with Crippen molar-refractivity contribution in [2.75, 3.05) is 18.9 Å². The average Bonchev–Trinajstić information content (AvgIpc) is 2.96. The van der Waals surface area contributed by atoms with Crippen molar-refractivity contribution < 1.29 is 40.7 Å². The second-order valence-electron chi connectivity index (χ2n) is 9.65. The van der Waals surface area contributed by atoms with Gasteiger partial charge in [-0.15, -0.1) is 6.92 Å². The molecule has 0 bridgehead atoms. The first-order chi connectivity index (χ1) is 19.4. The number of pyridine rings is 2. The predicted octanol–water partition coefficient (Wildman–Crippen LogP) is 6.69. The maximum atomic E-state index is 13.5. The summed E-state index contributed by atoms with van der Waals surface area (Å²) in [4.78, 5) is 41.2. The Bertz CT molecular complexity index is 1550. The number of aliphatic imine (C=N–C) groups is 1. The van der Waals surface area contributed by atoms with Crippen LogP contribution in [0.2, 0.25) is 0 Å². The molecule has 0 atom stereocenters. The van der Waals surface area contributed by atoms with E-state index in [-0.39, 0.29) is 42.9 Å². The number of aromatic nitrogens is 2. The average molecular weight is 770 g/mol. The molecule has 0 saturated carbocycles. The van der Waals surface area contributed by atoms with Gasteiger partial charge in [-0.3, -0.25) is 14.6 Å². The van der Waals surface area contributed by atoms with Crippen LogP contribution < -0.4 is 5.32 Å². The van der Waals surface area contributed by atoms with Gasteiger partial charge in [0.1, 0.15) is 0 Å². The Morgan fingerprint density at radius 2 is 1.80 bits per heavy atom. The Morgan fingerprint density at radius 1 is 1.02 bits per heavy atom. The summed E-state index contributed by atoms with van der Waals surface area (Å²) < 4.78 is 0. The van der Waals surface area contributed by atoms with Gasteiger partial charge in [-0.1, -0.05) is 24.1 Å². The molecule has 41 heavy (non-hydrogen) atoms. The Morgan fingerprint density at radius 3 is 2.51 bits per heavy atom. The van der Waals surface area contributed by atoms with Gasteiger partial charge < -0.3 is 27.5 Å². The van der Waals surface area contributed by atoms with Crippen molar-refractivity contribution in [3.05, 3.63) is 101 Å². The van der Waals surface area contributed by atoms with E-state index in [4.69, 9.17) is 4.98 Å². The van der Waals surface area contributed by atoms with Crippen molar-refractivity contribution in [1.82, 2.24) is 14.9 Å². The summed E-state index contributed by atoms with van der Waals surface area (Å²) in [6.07, 6.45) is 11.7. The molecule has 4 rings (SSSR count). The van der Waals surface area contributed by atoms with Gasteiger partial charge in [0.2, 0.25) is 0 Å². The van der Waals surface area contributed by atoms with E-state index in [1.807, 2.05) is 38.1 Å². The number of carbonyl (C=O) groups is 2. The monoisotopic (exact) mass is 769 g/mol. The summed E-state index contributed by atoms with van der Waals surface area (Å²) in [5.41, 5.74) is 5.84. The van der Waals surface area contributed by atoms with Gasteiger partial charge >= 0.3 is 31.1 Å². The Labute approximate surface area is 265 Å². The molecule has 0 radical (unpaired) electrons. The standard InChI is InChI=1S/C33H33N5O2.U/c1-5-34-17-9-6-7-11-19-38(4)33(40)25-13-15-26(16-14-25)36-32(39)28-22-30(29-12-8-10-18-35-29)37-31-24(3)20-23(2)21-27(28)31;/h8,10,12-18,20-22H,6-7,11,19H2,1-4H3,(H,36,39);/q-2;+2. The second kappa shape index (κ2) is 15.4. The van der Waals surface area contributed by atoms with Crippen molar-refractivity contribution in [3.63, 3.8) is 0 Å². The van der Waals surface area contributed by atoms with Crippen LogP contribution in [-0.2, 0) is 0 Å². The molecule has 2 aromatic heterocycles. The third kappa shape index (κ3) is 8.45. The summed E-state index contributed by atoms with van der Waals surface area (Å²) in [6, 6.07) is 18.4. The van der Waals surface area contributed by atoms with Crippen molar-refractivity contribution in [2.45, 2.75) is 40.0 Å². The number of fused-ring (bicyclic) bond motifs is 1. The number of aryl methyl sites for hydroxylation is 2. The van der Waals surface area contributed by atoms with E-state index in [9.17, 15) is 9.59 Å². The SMILES string of the molecule is C[C-]=NC=[C-]CCCCN(C)C(=O)c1ccc(NC(=O)c2cc(-c3ccccn3)nc3c(C)cc(C)cc23)cc1.[U+2]. The molecule has 0 aliphatic carbocycles. The van der Waals surface area contributed by atoms with Crippen molar-refractivity contribution >= 4 is 34.6 Å². The number of amides is 2. The Kier molecular flexibility index (Phi) is 12.0. The van der Waals surface area contributed by atoms with Gasteiger partial charge in [-0.25, -0.2) is 11.4 Å². The molecule has 2 heterocycles. The van der Waals surface area contributed by atoms with Gasteiger partial charge in [-0.05, 0) is 74.4 Å². The molecule has 206 valence electrons. The number of anilines is 1. The molecule has 1 N–H and O–H groups in total. The molecular weight excluding hydrogens is 736 g/mol. The van der Waals surface area contributed by atoms with Gasteiger partial charge in [0.05, 0.1) is 22.5 Å². The van der Waals surface area contributed by atoms with E-state index in [1.54, 1.807) is 61.6 Å². The van der Waals surface area contributed by atoms with Crippen LogP contribution in [0.15, 0.2) is 78.1 Å². The van der Waals surface area contributed by atoms with E-state index in [0.29, 0.717) is 34.7 Å². The van der Waals surface area contributed by atoms with Crippen LogP contribution in [0.5, 0.6) is 0 Å². The number of nitrogens with one attached hydrogen (secondary N) is 1. The third-order valence-corrected chi connectivity index (χ3v) is 6.51. The quantitative estimate of drug-likeness (QED) is 0.111. The fraction of sp³-hybridized carbons (Fsp3) is 0.242. The summed E-state index contributed by atoms with van der Waals surface area (Å²) in [7, 11) is 1.80. The van der Waals surface area contributed by atoms with Crippen LogP contribution >= 0.6 is 0 Å². The largest absolute Gasteiger partial charge is 2.00 e. The molecule has 0 fully saturated rings. The van der Waals surface area contributed by atoms with E-state index < -0.39 is 0 Å². The first-order valence-electron chi connectivity index (χ1n) is 13.3. The van der Waals surface area contributed by atoms with Gasteiger partial charge in [0.25, 0.3) is 11.8 Å². The van der Waals surface area contributed by atoms with Gasteiger partial charge in [0.15, 0.2) is 0 Å². The maximum Gasteiger partial charge on any atom is 2.00 e. The van der Waals surface area contributed by atoms with Gasteiger partial charge in [-0.2, -0.15) is 6.21 Å². The van der Waals surface area contributed by atoms with Crippen LogP contribution in [0.3, 0.4) is 0 Å². The molecule has 4 aromatic rings. The first kappa shape index (κ1) is 31.9. The summed E-state index contributed by atoms with van der Waals surface area (Å²) >= 11 is 0. The number of hydrogen-bond acceptors (Lipinski definition) is 5. The normalized spacial score (nSPS) is 11.1. The molecular formula is C33H33N5O2U. The van der Waals surface area contributed by atoms with E-state index in [0.717, 1.165) is 41.3 Å². The minimum atomic E-state index is -0.251. The predicted molar refractivity (Wildman–Crippen MR) is 161 cm³/mol. The number of allylic oxidation sites excluding steroid dienone is 1. The molecule has 2 aromatic carbocycles. The molecule has 2 amide bonds. The number of benzene rings is 2. The Balaban J connectivity index is 0.00000462. The number of hydrogen-bond donors (Lipinski definition) is 1. The Hall–Kier alpha value is -3.60. The van der Waals surface area contributed by atoms with Crippen LogP contribution in [0.25, 0.3) is 22.3 Å². The number of carbonyl (C=O) groups excluding carboxylic acids is 2. The van der Waals surface area contributed by atoms with Crippen LogP contribution in [0, 0.1) is 51.0 Å².